The van der Waals surface area contributed by atoms with E-state index in [1.165, 1.54) is 16.4 Å². The summed E-state index contributed by atoms with van der Waals surface area (Å²) in [6.45, 7) is 0.561. The molecule has 2 aromatic carbocycles. The number of nitrogens with one attached hydrogen (secondary N) is 1. The number of amides is 1. The zero-order valence-electron chi connectivity index (χ0n) is 14.3. The molecule has 26 heavy (non-hydrogen) atoms. The summed E-state index contributed by atoms with van der Waals surface area (Å²) in [5, 5.41) is 3.13. The first-order valence-electron chi connectivity index (χ1n) is 7.99. The van der Waals surface area contributed by atoms with Crippen molar-refractivity contribution < 1.29 is 17.6 Å². The summed E-state index contributed by atoms with van der Waals surface area (Å²) in [6.07, 6.45) is 1.58. The van der Waals surface area contributed by atoms with Gasteiger partial charge < -0.3 is 5.32 Å². The Hall–Kier alpha value is -1.96. The SMILES string of the molecule is CS(=O)(=O)N(CCNC(=O)c1cccc(Cl)c1)CCc1ccc(F)cc1. The second-order valence-corrected chi connectivity index (χ2v) is 8.22. The summed E-state index contributed by atoms with van der Waals surface area (Å²) < 4.78 is 38.1. The summed E-state index contributed by atoms with van der Waals surface area (Å²) in [6, 6.07) is 12.4. The van der Waals surface area contributed by atoms with Crippen molar-refractivity contribution in [3.05, 3.63) is 70.5 Å². The van der Waals surface area contributed by atoms with E-state index in [1.807, 2.05) is 0 Å². The molecular formula is C18H20ClFN2O3S. The van der Waals surface area contributed by atoms with E-state index in [0.29, 0.717) is 17.0 Å². The largest absolute Gasteiger partial charge is 0.351 e. The van der Waals surface area contributed by atoms with Gasteiger partial charge in [0.05, 0.1) is 6.26 Å². The van der Waals surface area contributed by atoms with Gasteiger partial charge in [-0.25, -0.2) is 17.1 Å². The maximum atomic E-state index is 12.9. The zero-order chi connectivity index (χ0) is 19.2. The fraction of sp³-hybridized carbons (Fsp3) is 0.278. The lowest BCUT2D eigenvalue weighted by Crippen LogP contribution is -2.39. The normalized spacial score (nSPS) is 11.5. The van der Waals surface area contributed by atoms with E-state index in [1.54, 1.807) is 36.4 Å². The number of hydrogen-bond acceptors (Lipinski definition) is 3. The molecule has 2 rings (SSSR count). The fourth-order valence-electron chi connectivity index (χ4n) is 2.37. The van der Waals surface area contributed by atoms with Gasteiger partial charge in [0.15, 0.2) is 0 Å². The van der Waals surface area contributed by atoms with Crippen LogP contribution in [0.3, 0.4) is 0 Å². The van der Waals surface area contributed by atoms with Crippen LogP contribution in [0.4, 0.5) is 4.39 Å². The lowest BCUT2D eigenvalue weighted by molar-refractivity contribution is 0.0951. The van der Waals surface area contributed by atoms with Gasteiger partial charge in [-0.2, -0.15) is 0 Å². The smallest absolute Gasteiger partial charge is 0.251 e. The third kappa shape index (κ3) is 6.40. The molecule has 0 fully saturated rings. The Labute approximate surface area is 157 Å². The van der Waals surface area contributed by atoms with Gasteiger partial charge in [-0.1, -0.05) is 29.8 Å². The van der Waals surface area contributed by atoms with Gasteiger partial charge in [-0.3, -0.25) is 4.79 Å². The Morgan fingerprint density at radius 2 is 1.85 bits per heavy atom. The van der Waals surface area contributed by atoms with Crippen LogP contribution in [-0.4, -0.2) is 44.5 Å². The van der Waals surface area contributed by atoms with E-state index >= 15 is 0 Å². The molecule has 0 heterocycles. The summed E-state index contributed by atoms with van der Waals surface area (Å²) >= 11 is 5.85. The Morgan fingerprint density at radius 3 is 2.46 bits per heavy atom. The molecule has 140 valence electrons. The Kier molecular flexibility index (Phi) is 7.14. The molecule has 0 aliphatic heterocycles. The molecule has 0 unspecified atom stereocenters. The van der Waals surface area contributed by atoms with Gasteiger partial charge in [-0.15, -0.1) is 0 Å². The predicted molar refractivity (Wildman–Crippen MR) is 100 cm³/mol. The van der Waals surface area contributed by atoms with Crippen molar-refractivity contribution in [2.75, 3.05) is 25.9 Å². The van der Waals surface area contributed by atoms with Crippen molar-refractivity contribution in [2.45, 2.75) is 6.42 Å². The van der Waals surface area contributed by atoms with Gasteiger partial charge in [0.1, 0.15) is 5.82 Å². The maximum Gasteiger partial charge on any atom is 0.251 e. The highest BCUT2D eigenvalue weighted by atomic mass is 35.5. The molecule has 0 spiro atoms. The second-order valence-electron chi connectivity index (χ2n) is 5.80. The van der Waals surface area contributed by atoms with Crippen molar-refractivity contribution in [3.63, 3.8) is 0 Å². The van der Waals surface area contributed by atoms with Crippen molar-refractivity contribution in [2.24, 2.45) is 0 Å². The van der Waals surface area contributed by atoms with Gasteiger partial charge in [0.2, 0.25) is 10.0 Å². The van der Waals surface area contributed by atoms with Crippen LogP contribution >= 0.6 is 11.6 Å². The molecule has 0 radical (unpaired) electrons. The van der Waals surface area contributed by atoms with Crippen LogP contribution in [-0.2, 0) is 16.4 Å². The van der Waals surface area contributed by atoms with E-state index < -0.39 is 10.0 Å². The first kappa shape index (κ1) is 20.4. The highest BCUT2D eigenvalue weighted by Gasteiger charge is 2.16. The molecule has 0 bridgehead atoms. The molecule has 1 N–H and O–H groups in total. The first-order valence-corrected chi connectivity index (χ1v) is 10.2. The van der Waals surface area contributed by atoms with Gasteiger partial charge in [-0.05, 0) is 42.3 Å². The van der Waals surface area contributed by atoms with Gasteiger partial charge in [0, 0.05) is 30.2 Å². The molecule has 1 amide bonds. The molecule has 0 saturated carbocycles. The minimum atomic E-state index is -3.43. The average Bonchev–Trinajstić information content (AvgIpc) is 2.58. The number of hydrogen-bond donors (Lipinski definition) is 1. The molecule has 2 aromatic rings. The van der Waals surface area contributed by atoms with Crippen molar-refractivity contribution in [3.8, 4) is 0 Å². The highest BCUT2D eigenvalue weighted by Crippen LogP contribution is 2.10. The predicted octanol–water partition coefficient (Wildman–Crippen LogP) is 2.71. The number of sulfonamides is 1. The Bertz CT molecular complexity index is 857. The minimum absolute atomic E-state index is 0.145. The van der Waals surface area contributed by atoms with Crippen molar-refractivity contribution in [1.29, 1.82) is 0 Å². The standard InChI is InChI=1S/C18H20ClFN2O3S/c1-26(24,25)22(11-9-14-5-7-17(20)8-6-14)12-10-21-18(23)15-3-2-4-16(19)13-15/h2-8,13H,9-12H2,1H3,(H,21,23). The van der Waals surface area contributed by atoms with Crippen LogP contribution in [0.25, 0.3) is 0 Å². The van der Waals surface area contributed by atoms with E-state index in [4.69, 9.17) is 11.6 Å². The van der Waals surface area contributed by atoms with Crippen LogP contribution in [0.5, 0.6) is 0 Å². The average molecular weight is 399 g/mol. The fourth-order valence-corrected chi connectivity index (χ4v) is 3.41. The molecular weight excluding hydrogens is 379 g/mol. The Balaban J connectivity index is 1.89. The van der Waals surface area contributed by atoms with E-state index in [-0.39, 0.29) is 31.4 Å². The van der Waals surface area contributed by atoms with Gasteiger partial charge >= 0.3 is 0 Å². The van der Waals surface area contributed by atoms with Crippen LogP contribution in [0, 0.1) is 5.82 Å². The molecule has 0 aliphatic carbocycles. The quantitative estimate of drug-likeness (QED) is 0.743. The zero-order valence-corrected chi connectivity index (χ0v) is 15.9. The van der Waals surface area contributed by atoms with Gasteiger partial charge in [0.25, 0.3) is 5.91 Å². The second kappa shape index (κ2) is 9.12. The molecule has 8 heteroatoms. The molecule has 5 nitrogen and oxygen atoms in total. The third-order valence-electron chi connectivity index (χ3n) is 3.77. The van der Waals surface area contributed by atoms with Crippen LogP contribution in [0.2, 0.25) is 5.02 Å². The molecule has 0 aliphatic rings. The lowest BCUT2D eigenvalue weighted by Gasteiger charge is -2.20. The number of benzene rings is 2. The summed E-state index contributed by atoms with van der Waals surface area (Å²) in [5.74, 6) is -0.656. The first-order chi connectivity index (χ1) is 12.3. The third-order valence-corrected chi connectivity index (χ3v) is 5.30. The summed E-state index contributed by atoms with van der Waals surface area (Å²) in [4.78, 5) is 12.1. The topological polar surface area (TPSA) is 66.5 Å². The number of carbonyl (C=O) groups is 1. The van der Waals surface area contributed by atoms with Crippen molar-refractivity contribution in [1.82, 2.24) is 9.62 Å². The summed E-state index contributed by atoms with van der Waals surface area (Å²) in [5.41, 5.74) is 1.25. The van der Waals surface area contributed by atoms with Crippen LogP contribution in [0.15, 0.2) is 48.5 Å². The number of rotatable bonds is 8. The van der Waals surface area contributed by atoms with Crippen LogP contribution < -0.4 is 5.32 Å². The summed E-state index contributed by atoms with van der Waals surface area (Å²) in [7, 11) is -3.43. The minimum Gasteiger partial charge on any atom is -0.351 e. The molecule has 0 saturated heterocycles. The molecule has 0 aromatic heterocycles. The van der Waals surface area contributed by atoms with Crippen molar-refractivity contribution >= 4 is 27.5 Å². The maximum absolute atomic E-state index is 12.9. The monoisotopic (exact) mass is 398 g/mol. The highest BCUT2D eigenvalue weighted by molar-refractivity contribution is 7.88. The van der Waals surface area contributed by atoms with E-state index in [9.17, 15) is 17.6 Å². The van der Waals surface area contributed by atoms with Crippen LogP contribution in [0.1, 0.15) is 15.9 Å². The number of carbonyl (C=O) groups excluding carboxylic acids is 1. The number of halogens is 2. The number of nitrogens with zero attached hydrogens (tertiary/aromatic N) is 1. The Morgan fingerprint density at radius 1 is 1.15 bits per heavy atom. The van der Waals surface area contributed by atoms with E-state index in [0.717, 1.165) is 11.8 Å². The van der Waals surface area contributed by atoms with E-state index in [2.05, 4.69) is 5.32 Å². The lowest BCUT2D eigenvalue weighted by atomic mass is 10.1. The molecule has 0 atom stereocenters.